The van der Waals surface area contributed by atoms with Crippen LogP contribution in [0.3, 0.4) is 0 Å². The van der Waals surface area contributed by atoms with Gasteiger partial charge in [0, 0.05) is 33.0 Å². The van der Waals surface area contributed by atoms with Gasteiger partial charge in [-0.2, -0.15) is 0 Å². The second-order valence-electron chi connectivity index (χ2n) is 16.6. The van der Waals surface area contributed by atoms with E-state index in [0.717, 1.165) is 78.7 Å². The van der Waals surface area contributed by atoms with E-state index < -0.39 is 0 Å². The van der Waals surface area contributed by atoms with E-state index in [2.05, 4.69) is 218 Å². The molecule has 4 heteroatoms. The summed E-state index contributed by atoms with van der Waals surface area (Å²) in [6.07, 6.45) is 3.08. The first-order valence-corrected chi connectivity index (χ1v) is 21.7. The number of fused-ring (bicyclic) bond motifs is 7. The summed E-state index contributed by atoms with van der Waals surface area (Å²) < 4.78 is 9.38. The summed E-state index contributed by atoms with van der Waals surface area (Å²) in [5.74, 6) is 0.750. The van der Waals surface area contributed by atoms with Crippen LogP contribution in [0.2, 0.25) is 0 Å². The number of aromatic nitrogens is 1. The molecule has 0 spiro atoms. The monoisotopic (exact) mass is 807 g/mol. The fourth-order valence-electron chi connectivity index (χ4n) is 9.51. The summed E-state index contributed by atoms with van der Waals surface area (Å²) in [6.45, 7) is 2.28. The number of amidine groups is 1. The van der Waals surface area contributed by atoms with Crippen LogP contribution in [0.25, 0.3) is 88.2 Å². The lowest BCUT2D eigenvalue weighted by Crippen LogP contribution is -2.17. The van der Waals surface area contributed by atoms with Gasteiger partial charge in [-0.25, -0.2) is 9.98 Å². The van der Waals surface area contributed by atoms with E-state index in [9.17, 15) is 0 Å². The SMILES string of the molecule is CC1C/C=C(\c2ccc(-c3ccccc3)cc2)N=C(c2ccc(-n3c4ccccc4c4cc5ccccc5cc43)c3oc4ccccc4c23)N=C1c1cccc(-c2ccccc2)c1. The number of aliphatic imine (C=N–C) groups is 2. The van der Waals surface area contributed by atoms with Crippen molar-refractivity contribution in [3.8, 4) is 27.9 Å². The first-order chi connectivity index (χ1) is 31.1. The molecule has 1 aliphatic rings. The number of hydrogen-bond donors (Lipinski definition) is 0. The van der Waals surface area contributed by atoms with Crippen molar-refractivity contribution in [3.63, 3.8) is 0 Å². The van der Waals surface area contributed by atoms with Gasteiger partial charge in [0.1, 0.15) is 5.58 Å². The number of benzene rings is 9. The molecule has 0 N–H and O–H groups in total. The molecule has 63 heavy (non-hydrogen) atoms. The fraction of sp³-hybridized carbons (Fsp3) is 0.0508. The number of rotatable bonds is 6. The second kappa shape index (κ2) is 15.1. The quantitative estimate of drug-likeness (QED) is 0.165. The van der Waals surface area contributed by atoms with E-state index in [1.54, 1.807) is 0 Å². The lowest BCUT2D eigenvalue weighted by molar-refractivity contribution is 0.666. The van der Waals surface area contributed by atoms with Crippen molar-refractivity contribution in [2.24, 2.45) is 15.9 Å². The van der Waals surface area contributed by atoms with Gasteiger partial charge in [0.15, 0.2) is 11.4 Å². The Labute approximate surface area is 365 Å². The average molecular weight is 808 g/mol. The number of para-hydroxylation sites is 2. The van der Waals surface area contributed by atoms with E-state index in [1.807, 2.05) is 6.07 Å². The summed E-state index contributed by atoms with van der Waals surface area (Å²) in [5.41, 5.74) is 14.5. The van der Waals surface area contributed by atoms with Gasteiger partial charge >= 0.3 is 0 Å². The first kappa shape index (κ1) is 36.7. The third-order valence-corrected chi connectivity index (χ3v) is 12.7. The molecule has 298 valence electrons. The molecule has 0 amide bonds. The Morgan fingerprint density at radius 2 is 1.10 bits per heavy atom. The maximum Gasteiger partial charge on any atom is 0.160 e. The van der Waals surface area contributed by atoms with Crippen LogP contribution >= 0.6 is 0 Å². The van der Waals surface area contributed by atoms with Crippen molar-refractivity contribution in [3.05, 3.63) is 229 Å². The Balaban J connectivity index is 1.10. The largest absolute Gasteiger partial charge is 0.454 e. The highest BCUT2D eigenvalue weighted by Crippen LogP contribution is 2.41. The van der Waals surface area contributed by atoms with Gasteiger partial charge in [0.25, 0.3) is 0 Å². The van der Waals surface area contributed by atoms with Crippen molar-refractivity contribution in [2.45, 2.75) is 13.3 Å². The smallest absolute Gasteiger partial charge is 0.160 e. The molecule has 3 heterocycles. The standard InChI is InChI=1S/C59H41N3O/c1-38-27-33-51(42-30-28-41(29-31-42)39-15-4-2-5-16-39)60-59(61-57(38)46-22-14-21-43(35-46)40-17-6-3-7-18-40)49-32-34-53(58-56(49)48-24-11-13-26-55(48)63-58)62-52-25-12-10-23-47(52)50-36-44-19-8-9-20-45(44)37-54(50)62/h2-26,28-38H,27H2,1H3/b51-33+,60-59?,61-57?. The number of nitrogens with zero attached hydrogens (tertiary/aromatic N) is 3. The summed E-state index contributed by atoms with van der Waals surface area (Å²) in [5, 5.41) is 6.82. The minimum Gasteiger partial charge on any atom is -0.454 e. The highest BCUT2D eigenvalue weighted by Gasteiger charge is 2.25. The van der Waals surface area contributed by atoms with Crippen molar-refractivity contribution >= 4 is 71.8 Å². The van der Waals surface area contributed by atoms with Gasteiger partial charge in [-0.15, -0.1) is 0 Å². The predicted molar refractivity (Wildman–Crippen MR) is 264 cm³/mol. The normalized spacial score (nSPS) is 15.3. The molecule has 1 unspecified atom stereocenters. The topological polar surface area (TPSA) is 42.8 Å². The predicted octanol–water partition coefficient (Wildman–Crippen LogP) is 15.5. The van der Waals surface area contributed by atoms with Gasteiger partial charge in [-0.1, -0.05) is 177 Å². The van der Waals surface area contributed by atoms with Gasteiger partial charge in [-0.05, 0) is 93.0 Å². The molecule has 1 aliphatic heterocycles. The van der Waals surface area contributed by atoms with Crippen molar-refractivity contribution < 1.29 is 4.42 Å². The van der Waals surface area contributed by atoms with Crippen molar-refractivity contribution in [1.29, 1.82) is 0 Å². The van der Waals surface area contributed by atoms with Crippen molar-refractivity contribution in [2.75, 3.05) is 0 Å². The number of hydrogen-bond acceptors (Lipinski definition) is 3. The van der Waals surface area contributed by atoms with E-state index in [4.69, 9.17) is 14.4 Å². The summed E-state index contributed by atoms with van der Waals surface area (Å²) in [4.78, 5) is 11.2. The van der Waals surface area contributed by atoms with Crippen molar-refractivity contribution in [1.82, 2.24) is 4.57 Å². The molecular weight excluding hydrogens is 767 g/mol. The zero-order valence-electron chi connectivity index (χ0n) is 34.7. The van der Waals surface area contributed by atoms with Crippen LogP contribution < -0.4 is 0 Å². The number of allylic oxidation sites excluding steroid dienone is 1. The van der Waals surface area contributed by atoms with Gasteiger partial charge in [0.05, 0.1) is 28.1 Å². The lowest BCUT2D eigenvalue weighted by Gasteiger charge is -2.20. The van der Waals surface area contributed by atoms with Crippen LogP contribution in [0.4, 0.5) is 0 Å². The molecule has 0 fully saturated rings. The van der Waals surface area contributed by atoms with Gasteiger partial charge in [-0.3, -0.25) is 0 Å². The highest BCUT2D eigenvalue weighted by molar-refractivity contribution is 6.24. The third kappa shape index (κ3) is 6.38. The maximum absolute atomic E-state index is 7.01. The molecule has 0 saturated heterocycles. The molecule has 0 saturated carbocycles. The highest BCUT2D eigenvalue weighted by atomic mass is 16.3. The summed E-state index contributed by atoms with van der Waals surface area (Å²) in [7, 11) is 0. The Hall–Kier alpha value is -8.08. The van der Waals surface area contributed by atoms with E-state index in [-0.39, 0.29) is 5.92 Å². The maximum atomic E-state index is 7.01. The zero-order chi connectivity index (χ0) is 41.9. The first-order valence-electron chi connectivity index (χ1n) is 21.7. The molecule has 0 aliphatic carbocycles. The van der Waals surface area contributed by atoms with E-state index in [1.165, 1.54) is 38.2 Å². The summed E-state index contributed by atoms with van der Waals surface area (Å²) in [6, 6.07) is 73.3. The zero-order valence-corrected chi connectivity index (χ0v) is 34.7. The molecule has 0 radical (unpaired) electrons. The summed E-state index contributed by atoms with van der Waals surface area (Å²) >= 11 is 0. The van der Waals surface area contributed by atoms with Crippen LogP contribution in [0.1, 0.15) is 30.0 Å². The molecular formula is C59H41N3O. The molecule has 4 nitrogen and oxygen atoms in total. The third-order valence-electron chi connectivity index (χ3n) is 12.7. The Morgan fingerprint density at radius 3 is 1.89 bits per heavy atom. The van der Waals surface area contributed by atoms with Gasteiger partial charge in [0.2, 0.25) is 0 Å². The minimum absolute atomic E-state index is 0.100. The molecule has 12 rings (SSSR count). The van der Waals surface area contributed by atoms with Crippen LogP contribution in [-0.4, -0.2) is 16.1 Å². The Kier molecular flexibility index (Phi) is 8.82. The number of furan rings is 1. The molecule has 11 aromatic rings. The molecule has 9 aromatic carbocycles. The second-order valence-corrected chi connectivity index (χ2v) is 16.6. The van der Waals surface area contributed by atoms with E-state index >= 15 is 0 Å². The lowest BCUT2D eigenvalue weighted by atomic mass is 9.91. The fourth-order valence-corrected chi connectivity index (χ4v) is 9.51. The molecule has 1 atom stereocenters. The Bertz CT molecular complexity index is 3640. The van der Waals surface area contributed by atoms with Crippen LogP contribution in [-0.2, 0) is 0 Å². The molecule has 0 bridgehead atoms. The van der Waals surface area contributed by atoms with Crippen LogP contribution in [0, 0.1) is 5.92 Å². The Morgan fingerprint density at radius 1 is 0.476 bits per heavy atom. The van der Waals surface area contributed by atoms with Crippen LogP contribution in [0.15, 0.2) is 227 Å². The van der Waals surface area contributed by atoms with Gasteiger partial charge < -0.3 is 8.98 Å². The van der Waals surface area contributed by atoms with Crippen LogP contribution in [0.5, 0.6) is 0 Å². The molecule has 2 aromatic heterocycles. The van der Waals surface area contributed by atoms with E-state index in [0.29, 0.717) is 5.84 Å². The minimum atomic E-state index is 0.100. The average Bonchev–Trinajstić information content (AvgIpc) is 3.89.